The van der Waals surface area contributed by atoms with Crippen LogP contribution in [0.1, 0.15) is 22.3 Å². The van der Waals surface area contributed by atoms with Crippen molar-refractivity contribution in [3.05, 3.63) is 56.6 Å². The zero-order valence-corrected chi connectivity index (χ0v) is 15.0. The molecule has 0 aliphatic heterocycles. The van der Waals surface area contributed by atoms with E-state index in [1.165, 1.54) is 0 Å². The average Bonchev–Trinajstić information content (AvgIpc) is 2.48. The highest BCUT2D eigenvalue weighted by Gasteiger charge is 2.10. The van der Waals surface area contributed by atoms with E-state index in [2.05, 4.69) is 0 Å². The van der Waals surface area contributed by atoms with Crippen LogP contribution in [0.4, 0.5) is 0 Å². The van der Waals surface area contributed by atoms with Crippen LogP contribution < -0.4 is 9.47 Å². The number of ether oxygens (including phenoxy) is 2. The third-order valence-corrected chi connectivity index (χ3v) is 4.60. The first-order valence-corrected chi connectivity index (χ1v) is 7.90. The second kappa shape index (κ2) is 7.24. The molecule has 0 radical (unpaired) electrons. The first kappa shape index (κ1) is 17.6. The number of benzene rings is 2. The molecule has 5 heteroatoms. The monoisotopic (exact) mass is 352 g/mol. The van der Waals surface area contributed by atoms with E-state index in [0.717, 1.165) is 22.3 Å². The Labute approximate surface area is 146 Å². The first-order valence-electron chi connectivity index (χ1n) is 7.15. The van der Waals surface area contributed by atoms with Gasteiger partial charge < -0.3 is 9.47 Å². The van der Waals surface area contributed by atoms with Crippen molar-refractivity contribution in [2.45, 2.75) is 27.7 Å². The Morgan fingerprint density at radius 1 is 0.826 bits per heavy atom. The van der Waals surface area contributed by atoms with Gasteiger partial charge in [-0.1, -0.05) is 23.2 Å². The van der Waals surface area contributed by atoms with E-state index in [1.54, 1.807) is 24.3 Å². The maximum atomic E-state index is 11.9. The second-order valence-corrected chi connectivity index (χ2v) is 6.26. The van der Waals surface area contributed by atoms with Crippen LogP contribution >= 0.6 is 23.2 Å². The van der Waals surface area contributed by atoms with E-state index in [9.17, 15) is 4.79 Å². The number of hydrogen-bond acceptors (Lipinski definition) is 3. The molecule has 0 aliphatic carbocycles. The molecule has 0 aliphatic rings. The molecule has 0 fully saturated rings. The Hall–Kier alpha value is -1.71. The van der Waals surface area contributed by atoms with Crippen LogP contribution in [-0.2, 0) is 4.79 Å². The number of carbonyl (C=O) groups is 1. The zero-order valence-electron chi connectivity index (χ0n) is 13.5. The Morgan fingerprint density at radius 2 is 1.22 bits per heavy atom. The standard InChI is InChI=1S/C18H18Cl2O3/c1-10-5-14(6-11(2)17(10)19)22-9-16(21)23-15-7-12(3)18(20)13(4)8-15/h5-8H,9H2,1-4H3. The Morgan fingerprint density at radius 3 is 1.65 bits per heavy atom. The zero-order chi connectivity index (χ0) is 17.1. The Balaban J connectivity index is 2.01. The smallest absolute Gasteiger partial charge is 0.349 e. The lowest BCUT2D eigenvalue weighted by atomic mass is 10.1. The molecule has 3 nitrogen and oxygen atoms in total. The van der Waals surface area contributed by atoms with Gasteiger partial charge in [0.2, 0.25) is 0 Å². The highest BCUT2D eigenvalue weighted by molar-refractivity contribution is 6.32. The fourth-order valence-corrected chi connectivity index (χ4v) is 2.48. The van der Waals surface area contributed by atoms with Gasteiger partial charge in [0.05, 0.1) is 0 Å². The van der Waals surface area contributed by atoms with Crippen LogP contribution in [-0.4, -0.2) is 12.6 Å². The summed E-state index contributed by atoms with van der Waals surface area (Å²) in [6.45, 7) is 7.33. The number of aryl methyl sites for hydroxylation is 4. The molecular weight excluding hydrogens is 335 g/mol. The van der Waals surface area contributed by atoms with Crippen molar-refractivity contribution >= 4 is 29.2 Å². The van der Waals surface area contributed by atoms with E-state index < -0.39 is 5.97 Å². The Bertz CT molecular complexity index is 708. The van der Waals surface area contributed by atoms with Gasteiger partial charge >= 0.3 is 5.97 Å². The highest BCUT2D eigenvalue weighted by atomic mass is 35.5. The number of carbonyl (C=O) groups excluding carboxylic acids is 1. The molecule has 0 saturated heterocycles. The van der Waals surface area contributed by atoms with Gasteiger partial charge in [0.1, 0.15) is 11.5 Å². The molecule has 122 valence electrons. The van der Waals surface area contributed by atoms with Crippen LogP contribution in [0.5, 0.6) is 11.5 Å². The summed E-state index contributed by atoms with van der Waals surface area (Å²) < 4.78 is 10.8. The van der Waals surface area contributed by atoms with Crippen molar-refractivity contribution < 1.29 is 14.3 Å². The second-order valence-electron chi connectivity index (χ2n) is 5.50. The maximum absolute atomic E-state index is 11.9. The SMILES string of the molecule is Cc1cc(OCC(=O)Oc2cc(C)c(Cl)c(C)c2)cc(C)c1Cl. The van der Waals surface area contributed by atoms with Crippen molar-refractivity contribution in [2.75, 3.05) is 6.61 Å². The molecule has 23 heavy (non-hydrogen) atoms. The number of rotatable bonds is 4. The van der Waals surface area contributed by atoms with Crippen LogP contribution in [0.15, 0.2) is 24.3 Å². The van der Waals surface area contributed by atoms with Crippen LogP contribution in [0.3, 0.4) is 0 Å². The van der Waals surface area contributed by atoms with E-state index in [0.29, 0.717) is 21.5 Å². The molecule has 0 N–H and O–H groups in total. The summed E-state index contributed by atoms with van der Waals surface area (Å²) in [5.74, 6) is 0.572. The van der Waals surface area contributed by atoms with Gasteiger partial charge in [0, 0.05) is 10.0 Å². The molecule has 0 saturated carbocycles. The van der Waals surface area contributed by atoms with Crippen molar-refractivity contribution in [2.24, 2.45) is 0 Å². The largest absolute Gasteiger partial charge is 0.482 e. The summed E-state index contributed by atoms with van der Waals surface area (Å²) in [5, 5.41) is 1.38. The molecule has 0 aromatic heterocycles. The molecule has 0 bridgehead atoms. The minimum atomic E-state index is -0.476. The lowest BCUT2D eigenvalue weighted by molar-refractivity contribution is -0.136. The van der Waals surface area contributed by atoms with Crippen molar-refractivity contribution in [1.29, 1.82) is 0 Å². The minimum absolute atomic E-state index is 0.179. The molecule has 2 aromatic rings. The van der Waals surface area contributed by atoms with Gasteiger partial charge in [-0.15, -0.1) is 0 Å². The van der Waals surface area contributed by atoms with Gasteiger partial charge in [-0.25, -0.2) is 4.79 Å². The fourth-order valence-electron chi connectivity index (χ4n) is 2.26. The quantitative estimate of drug-likeness (QED) is 0.559. The number of hydrogen-bond donors (Lipinski definition) is 0. The minimum Gasteiger partial charge on any atom is -0.482 e. The van der Waals surface area contributed by atoms with Crippen molar-refractivity contribution in [1.82, 2.24) is 0 Å². The third-order valence-electron chi connectivity index (χ3n) is 3.41. The van der Waals surface area contributed by atoms with E-state index in [1.807, 2.05) is 27.7 Å². The van der Waals surface area contributed by atoms with Crippen molar-refractivity contribution in [3.8, 4) is 11.5 Å². The highest BCUT2D eigenvalue weighted by Crippen LogP contribution is 2.27. The van der Waals surface area contributed by atoms with Crippen LogP contribution in [0, 0.1) is 27.7 Å². The summed E-state index contributed by atoms with van der Waals surface area (Å²) in [6, 6.07) is 7.03. The predicted molar refractivity (Wildman–Crippen MR) is 93.0 cm³/mol. The maximum Gasteiger partial charge on any atom is 0.349 e. The summed E-state index contributed by atoms with van der Waals surface area (Å²) in [5.41, 5.74) is 3.52. The topological polar surface area (TPSA) is 35.5 Å². The van der Waals surface area contributed by atoms with Gasteiger partial charge in [0.25, 0.3) is 0 Å². The predicted octanol–water partition coefficient (Wildman–Crippen LogP) is 5.21. The lowest BCUT2D eigenvalue weighted by Crippen LogP contribution is -2.18. The molecule has 0 amide bonds. The van der Waals surface area contributed by atoms with Gasteiger partial charge in [0.15, 0.2) is 6.61 Å². The molecule has 0 heterocycles. The molecule has 0 atom stereocenters. The third kappa shape index (κ3) is 4.40. The summed E-state index contributed by atoms with van der Waals surface area (Å²) in [4.78, 5) is 11.9. The van der Waals surface area contributed by atoms with E-state index in [4.69, 9.17) is 32.7 Å². The Kier molecular flexibility index (Phi) is 5.55. The number of esters is 1. The summed E-state index contributed by atoms with van der Waals surface area (Å²) in [7, 11) is 0. The first-order chi connectivity index (χ1) is 10.8. The van der Waals surface area contributed by atoms with E-state index >= 15 is 0 Å². The van der Waals surface area contributed by atoms with Gasteiger partial charge in [-0.2, -0.15) is 0 Å². The fraction of sp³-hybridized carbons (Fsp3) is 0.278. The molecule has 2 aromatic carbocycles. The van der Waals surface area contributed by atoms with Crippen LogP contribution in [0.25, 0.3) is 0 Å². The molecule has 2 rings (SSSR count). The van der Waals surface area contributed by atoms with Gasteiger partial charge in [-0.05, 0) is 74.2 Å². The summed E-state index contributed by atoms with van der Waals surface area (Å²) >= 11 is 12.2. The normalized spacial score (nSPS) is 10.5. The molecule has 0 spiro atoms. The number of halogens is 2. The van der Waals surface area contributed by atoms with Crippen molar-refractivity contribution in [3.63, 3.8) is 0 Å². The molecular formula is C18H18Cl2O3. The molecule has 0 unspecified atom stereocenters. The van der Waals surface area contributed by atoms with Crippen LogP contribution in [0.2, 0.25) is 10.0 Å². The summed E-state index contributed by atoms with van der Waals surface area (Å²) in [6.07, 6.45) is 0. The van der Waals surface area contributed by atoms with Gasteiger partial charge in [-0.3, -0.25) is 0 Å². The van der Waals surface area contributed by atoms with E-state index in [-0.39, 0.29) is 6.61 Å². The average molecular weight is 353 g/mol. The lowest BCUT2D eigenvalue weighted by Gasteiger charge is -2.11.